The first-order chi connectivity index (χ1) is 11.4. The molecular weight excluding hydrogens is 304 g/mol. The molecule has 0 aromatic heterocycles. The first kappa shape index (κ1) is 20.0. The molecule has 5 heteroatoms. The van der Waals surface area contributed by atoms with Gasteiger partial charge in [-0.05, 0) is 50.8 Å². The lowest BCUT2D eigenvalue weighted by atomic mass is 9.93. The molecule has 0 unspecified atom stereocenters. The van der Waals surface area contributed by atoms with Gasteiger partial charge in [0.25, 0.3) is 5.91 Å². The number of ether oxygens (including phenoxy) is 2. The zero-order valence-electron chi connectivity index (χ0n) is 15.3. The second-order valence-electron chi connectivity index (χ2n) is 6.39. The van der Waals surface area contributed by atoms with Crippen molar-refractivity contribution in [3.8, 4) is 11.8 Å². The van der Waals surface area contributed by atoms with Crippen molar-refractivity contribution in [3.05, 3.63) is 23.8 Å². The van der Waals surface area contributed by atoms with Crippen molar-refractivity contribution in [1.29, 1.82) is 5.26 Å². The quantitative estimate of drug-likeness (QED) is 0.738. The van der Waals surface area contributed by atoms with Crippen molar-refractivity contribution < 1.29 is 14.3 Å². The van der Waals surface area contributed by atoms with E-state index in [4.69, 9.17) is 9.47 Å². The molecule has 1 rings (SSSR count). The zero-order valence-corrected chi connectivity index (χ0v) is 15.3. The topological polar surface area (TPSA) is 71.3 Å². The van der Waals surface area contributed by atoms with E-state index in [0.29, 0.717) is 42.6 Å². The van der Waals surface area contributed by atoms with Crippen LogP contribution < -0.4 is 10.1 Å². The van der Waals surface area contributed by atoms with Crippen LogP contribution in [0.1, 0.15) is 53.0 Å². The van der Waals surface area contributed by atoms with Crippen molar-refractivity contribution in [2.24, 2.45) is 5.92 Å². The van der Waals surface area contributed by atoms with Crippen LogP contribution >= 0.6 is 0 Å². The summed E-state index contributed by atoms with van der Waals surface area (Å²) in [5.74, 6) is 0.649. The standard InChI is InChI=1S/C19H28N2O3/c1-6-10-24-19(5,12-14(3)4)18(22)21-16-8-9-17(23-7-2)15(11-16)13-20/h8-9,11,14H,6-7,10,12H2,1-5H3,(H,21,22)/t19-/m1/s1. The van der Waals surface area contributed by atoms with Crippen molar-refractivity contribution >= 4 is 11.6 Å². The molecule has 0 heterocycles. The van der Waals surface area contributed by atoms with Crippen LogP contribution in [0, 0.1) is 17.2 Å². The minimum absolute atomic E-state index is 0.197. The number of hydrogen-bond donors (Lipinski definition) is 1. The van der Waals surface area contributed by atoms with Crippen LogP contribution in [-0.4, -0.2) is 24.7 Å². The summed E-state index contributed by atoms with van der Waals surface area (Å²) in [5, 5.41) is 12.1. The van der Waals surface area contributed by atoms with Crippen LogP contribution in [0.4, 0.5) is 5.69 Å². The van der Waals surface area contributed by atoms with Gasteiger partial charge in [-0.15, -0.1) is 0 Å². The van der Waals surface area contributed by atoms with E-state index in [0.717, 1.165) is 6.42 Å². The van der Waals surface area contributed by atoms with E-state index in [1.807, 2.05) is 20.8 Å². The average Bonchev–Trinajstić information content (AvgIpc) is 2.53. The van der Waals surface area contributed by atoms with Gasteiger partial charge in [0.2, 0.25) is 0 Å². The van der Waals surface area contributed by atoms with Gasteiger partial charge in [0.05, 0.1) is 12.2 Å². The highest BCUT2D eigenvalue weighted by Crippen LogP contribution is 2.26. The summed E-state index contributed by atoms with van der Waals surface area (Å²) in [4.78, 5) is 12.7. The summed E-state index contributed by atoms with van der Waals surface area (Å²) in [7, 11) is 0. The largest absolute Gasteiger partial charge is 0.492 e. The molecule has 1 aromatic carbocycles. The first-order valence-corrected chi connectivity index (χ1v) is 8.48. The van der Waals surface area contributed by atoms with Crippen LogP contribution in [0.15, 0.2) is 18.2 Å². The molecule has 1 aromatic rings. The average molecular weight is 332 g/mol. The molecule has 1 amide bonds. The van der Waals surface area contributed by atoms with Gasteiger partial charge in [0.1, 0.15) is 17.4 Å². The third kappa shape index (κ3) is 5.54. The fraction of sp³-hybridized carbons (Fsp3) is 0.579. The maximum Gasteiger partial charge on any atom is 0.256 e. The SMILES string of the molecule is CCCO[C@](C)(CC(C)C)C(=O)Nc1ccc(OCC)c(C#N)c1. The molecule has 0 aliphatic carbocycles. The number of rotatable bonds is 9. The normalized spacial score (nSPS) is 13.2. The number of carbonyl (C=O) groups is 1. The Morgan fingerprint density at radius 1 is 1.38 bits per heavy atom. The summed E-state index contributed by atoms with van der Waals surface area (Å²) < 4.78 is 11.2. The third-order valence-corrected chi connectivity index (χ3v) is 3.56. The molecule has 0 aliphatic rings. The van der Waals surface area contributed by atoms with Crippen molar-refractivity contribution in [2.75, 3.05) is 18.5 Å². The summed E-state index contributed by atoms with van der Waals surface area (Å²) in [6.45, 7) is 10.8. The van der Waals surface area contributed by atoms with Gasteiger partial charge in [-0.25, -0.2) is 0 Å². The molecule has 0 bridgehead atoms. The van der Waals surface area contributed by atoms with Crippen LogP contribution in [0.25, 0.3) is 0 Å². The van der Waals surface area contributed by atoms with Gasteiger partial charge >= 0.3 is 0 Å². The number of nitrogens with zero attached hydrogens (tertiary/aromatic N) is 1. The van der Waals surface area contributed by atoms with Gasteiger partial charge in [-0.2, -0.15) is 5.26 Å². The van der Waals surface area contributed by atoms with Crippen LogP contribution in [0.5, 0.6) is 5.75 Å². The number of amides is 1. The molecule has 5 nitrogen and oxygen atoms in total. The summed E-state index contributed by atoms with van der Waals surface area (Å²) in [6.07, 6.45) is 1.48. The zero-order chi connectivity index (χ0) is 18.2. The molecule has 0 saturated heterocycles. The van der Waals surface area contributed by atoms with Gasteiger partial charge in [-0.3, -0.25) is 4.79 Å². The van der Waals surface area contributed by atoms with E-state index >= 15 is 0 Å². The van der Waals surface area contributed by atoms with Gasteiger partial charge in [-0.1, -0.05) is 20.8 Å². The smallest absolute Gasteiger partial charge is 0.256 e. The van der Waals surface area contributed by atoms with Crippen molar-refractivity contribution in [2.45, 2.75) is 53.1 Å². The Labute approximate surface area is 145 Å². The van der Waals surface area contributed by atoms with Gasteiger partial charge in [0.15, 0.2) is 0 Å². The maximum absolute atomic E-state index is 12.7. The third-order valence-electron chi connectivity index (χ3n) is 3.56. The van der Waals surface area contributed by atoms with E-state index in [9.17, 15) is 10.1 Å². The van der Waals surface area contributed by atoms with E-state index in [-0.39, 0.29) is 5.91 Å². The predicted molar refractivity (Wildman–Crippen MR) is 95.1 cm³/mol. The molecule has 1 N–H and O–H groups in total. The number of nitrogens with one attached hydrogen (secondary N) is 1. The Morgan fingerprint density at radius 2 is 2.08 bits per heavy atom. The molecule has 1 atom stereocenters. The van der Waals surface area contributed by atoms with Gasteiger partial charge < -0.3 is 14.8 Å². The summed E-state index contributed by atoms with van der Waals surface area (Å²) >= 11 is 0. The lowest BCUT2D eigenvalue weighted by Gasteiger charge is -2.30. The summed E-state index contributed by atoms with van der Waals surface area (Å²) in [6, 6.07) is 7.15. The van der Waals surface area contributed by atoms with Crippen molar-refractivity contribution in [1.82, 2.24) is 0 Å². The number of carbonyl (C=O) groups excluding carboxylic acids is 1. The Hall–Kier alpha value is -2.06. The number of hydrogen-bond acceptors (Lipinski definition) is 4. The fourth-order valence-electron chi connectivity index (χ4n) is 2.56. The lowest BCUT2D eigenvalue weighted by Crippen LogP contribution is -2.44. The van der Waals surface area contributed by atoms with Crippen LogP contribution in [0.3, 0.4) is 0 Å². The number of anilines is 1. The minimum atomic E-state index is -0.893. The van der Waals surface area contributed by atoms with E-state index in [2.05, 4.69) is 25.2 Å². The number of nitriles is 1. The maximum atomic E-state index is 12.7. The molecule has 0 fully saturated rings. The summed E-state index contributed by atoms with van der Waals surface area (Å²) in [5.41, 5.74) is 0.0695. The molecule has 0 saturated carbocycles. The highest BCUT2D eigenvalue weighted by atomic mass is 16.5. The van der Waals surface area contributed by atoms with E-state index < -0.39 is 5.60 Å². The molecule has 132 valence electrons. The Balaban J connectivity index is 2.96. The minimum Gasteiger partial charge on any atom is -0.492 e. The Kier molecular flexibility index (Phi) is 7.73. The van der Waals surface area contributed by atoms with E-state index in [1.165, 1.54) is 0 Å². The molecule has 24 heavy (non-hydrogen) atoms. The Morgan fingerprint density at radius 3 is 2.62 bits per heavy atom. The van der Waals surface area contributed by atoms with Crippen LogP contribution in [0.2, 0.25) is 0 Å². The molecule has 0 aliphatic heterocycles. The monoisotopic (exact) mass is 332 g/mol. The first-order valence-electron chi connectivity index (χ1n) is 8.48. The highest BCUT2D eigenvalue weighted by molar-refractivity contribution is 5.97. The van der Waals surface area contributed by atoms with Gasteiger partial charge in [0, 0.05) is 12.3 Å². The van der Waals surface area contributed by atoms with Crippen LogP contribution in [-0.2, 0) is 9.53 Å². The second-order valence-corrected chi connectivity index (χ2v) is 6.39. The fourth-order valence-corrected chi connectivity index (χ4v) is 2.56. The Bertz CT molecular complexity index is 593. The predicted octanol–water partition coefficient (Wildman–Crippen LogP) is 4.13. The lowest BCUT2D eigenvalue weighted by molar-refractivity contribution is -0.141. The second kappa shape index (κ2) is 9.29. The molecule has 0 spiro atoms. The molecule has 0 radical (unpaired) electrons. The molecular formula is C19H28N2O3. The number of benzene rings is 1. The van der Waals surface area contributed by atoms with E-state index in [1.54, 1.807) is 18.2 Å². The van der Waals surface area contributed by atoms with Crippen molar-refractivity contribution in [3.63, 3.8) is 0 Å². The highest BCUT2D eigenvalue weighted by Gasteiger charge is 2.35.